The Balaban J connectivity index is 2.42. The average Bonchev–Trinajstić information content (AvgIpc) is 2.61. The molecule has 0 spiro atoms. The second kappa shape index (κ2) is 8.90. The van der Waals surface area contributed by atoms with Crippen molar-refractivity contribution in [2.75, 3.05) is 24.6 Å². The van der Waals surface area contributed by atoms with Crippen LogP contribution < -0.4 is 5.32 Å². The van der Waals surface area contributed by atoms with Gasteiger partial charge in [-0.15, -0.1) is 0 Å². The van der Waals surface area contributed by atoms with Crippen molar-refractivity contribution in [2.45, 2.75) is 47.2 Å². The van der Waals surface area contributed by atoms with Gasteiger partial charge in [-0.3, -0.25) is 9.55 Å². The number of hydrogen-bond acceptors (Lipinski definition) is 5. The van der Waals surface area contributed by atoms with E-state index in [0.29, 0.717) is 19.3 Å². The molecule has 0 radical (unpaired) electrons. The van der Waals surface area contributed by atoms with Crippen LogP contribution in [0.15, 0.2) is 24.3 Å². The van der Waals surface area contributed by atoms with E-state index in [1.807, 2.05) is 65.8 Å². The zero-order chi connectivity index (χ0) is 20.2. The molecule has 1 aromatic carbocycles. The number of benzene rings is 1. The van der Waals surface area contributed by atoms with Gasteiger partial charge in [0.15, 0.2) is 0 Å². The van der Waals surface area contributed by atoms with E-state index in [2.05, 4.69) is 10.3 Å². The van der Waals surface area contributed by atoms with Crippen LogP contribution in [-0.4, -0.2) is 29.4 Å². The number of aromatic nitrogens is 1. The van der Waals surface area contributed by atoms with Crippen molar-refractivity contribution in [3.05, 3.63) is 52.3 Å². The molecule has 5 nitrogen and oxygen atoms in total. The van der Waals surface area contributed by atoms with Crippen molar-refractivity contribution in [3.63, 3.8) is 0 Å². The second-order valence-electron chi connectivity index (χ2n) is 6.95. The van der Waals surface area contributed by atoms with Crippen molar-refractivity contribution in [1.29, 1.82) is 0 Å². The molecule has 2 unspecified atom stereocenters. The fourth-order valence-electron chi connectivity index (χ4n) is 3.37. The number of anilines is 1. The van der Waals surface area contributed by atoms with Gasteiger partial charge in [0.25, 0.3) is 0 Å². The molecule has 0 aliphatic carbocycles. The van der Waals surface area contributed by atoms with E-state index in [1.54, 1.807) is 0 Å². The van der Waals surface area contributed by atoms with Crippen molar-refractivity contribution in [2.24, 2.45) is 0 Å². The number of hydrogen-bond donors (Lipinski definition) is 2. The van der Waals surface area contributed by atoms with Gasteiger partial charge in [0.05, 0.1) is 23.6 Å². The number of pyridine rings is 1. The first-order valence-electron chi connectivity index (χ1n) is 9.43. The summed E-state index contributed by atoms with van der Waals surface area (Å²) >= 11 is 0. The number of rotatable bonds is 8. The summed E-state index contributed by atoms with van der Waals surface area (Å²) in [5.74, 6) is 0.284. The standard InChI is InChI=1S/C21H31N2O3P/c1-7-26-27(25,8-2)20(18-11-14(3)21(24)15(4)12-18)13-22-19-10-9-16(5)23-17(19)6/h9-12,20,22,24H,7-8,13H2,1-6H3. The first-order valence-corrected chi connectivity index (χ1v) is 11.3. The van der Waals surface area contributed by atoms with Crippen molar-refractivity contribution in [1.82, 2.24) is 4.98 Å². The van der Waals surface area contributed by atoms with E-state index < -0.39 is 7.37 Å². The minimum atomic E-state index is -2.91. The van der Waals surface area contributed by atoms with Crippen LogP contribution in [0.5, 0.6) is 5.75 Å². The third-order valence-corrected chi connectivity index (χ3v) is 7.88. The van der Waals surface area contributed by atoms with E-state index in [9.17, 15) is 9.67 Å². The summed E-state index contributed by atoms with van der Waals surface area (Å²) in [4.78, 5) is 4.49. The molecule has 27 heavy (non-hydrogen) atoms. The van der Waals surface area contributed by atoms with Gasteiger partial charge in [-0.05, 0) is 63.4 Å². The number of aromatic hydroxyl groups is 1. The van der Waals surface area contributed by atoms with Crippen LogP contribution >= 0.6 is 7.37 Å². The largest absolute Gasteiger partial charge is 0.507 e. The Kier molecular flexibility index (Phi) is 7.07. The van der Waals surface area contributed by atoms with Gasteiger partial charge in [0, 0.05) is 18.4 Å². The highest BCUT2D eigenvalue weighted by atomic mass is 31.2. The third-order valence-electron chi connectivity index (χ3n) is 4.87. The summed E-state index contributed by atoms with van der Waals surface area (Å²) < 4.78 is 19.4. The highest BCUT2D eigenvalue weighted by Gasteiger charge is 2.34. The maximum absolute atomic E-state index is 13.6. The maximum Gasteiger partial charge on any atom is 0.211 e. The molecule has 0 aliphatic heterocycles. The molecule has 148 valence electrons. The summed E-state index contributed by atoms with van der Waals surface area (Å²) in [6.45, 7) is 12.3. The molecule has 6 heteroatoms. The molecule has 1 heterocycles. The van der Waals surface area contributed by atoms with Gasteiger partial charge in [0.2, 0.25) is 7.37 Å². The highest BCUT2D eigenvalue weighted by Crippen LogP contribution is 2.60. The fraction of sp³-hybridized carbons (Fsp3) is 0.476. The minimum absolute atomic E-state index is 0.284. The lowest BCUT2D eigenvalue weighted by Crippen LogP contribution is -2.17. The number of nitrogens with zero attached hydrogens (tertiary/aromatic N) is 1. The number of phenols is 1. The molecule has 0 fully saturated rings. The van der Waals surface area contributed by atoms with Crippen molar-refractivity contribution in [3.8, 4) is 5.75 Å². The monoisotopic (exact) mass is 390 g/mol. The molecule has 2 rings (SSSR count). The second-order valence-corrected chi connectivity index (χ2v) is 9.91. The van der Waals surface area contributed by atoms with E-state index >= 15 is 0 Å². The van der Waals surface area contributed by atoms with Crippen LogP contribution in [0.25, 0.3) is 0 Å². The zero-order valence-electron chi connectivity index (χ0n) is 17.2. The van der Waals surface area contributed by atoms with Crippen LogP contribution in [-0.2, 0) is 9.09 Å². The molecule has 2 aromatic rings. The maximum atomic E-state index is 13.6. The number of aryl methyl sites for hydroxylation is 4. The molecule has 2 atom stereocenters. The van der Waals surface area contributed by atoms with Crippen LogP contribution in [0.3, 0.4) is 0 Å². The van der Waals surface area contributed by atoms with Gasteiger partial charge in [-0.2, -0.15) is 0 Å². The Bertz CT molecular complexity index is 828. The SMILES string of the molecule is CCOP(=O)(CC)C(CNc1ccc(C)nc1C)c1cc(C)c(O)c(C)c1. The lowest BCUT2D eigenvalue weighted by Gasteiger charge is -2.28. The quantitative estimate of drug-likeness (QED) is 0.582. The summed E-state index contributed by atoms with van der Waals surface area (Å²) in [6, 6.07) is 7.78. The van der Waals surface area contributed by atoms with E-state index in [-0.39, 0.29) is 11.4 Å². The van der Waals surface area contributed by atoms with Crippen LogP contribution in [0, 0.1) is 27.7 Å². The molecule has 0 aliphatic rings. The predicted molar refractivity (Wildman–Crippen MR) is 112 cm³/mol. The van der Waals surface area contributed by atoms with Crippen LogP contribution in [0.2, 0.25) is 0 Å². The van der Waals surface area contributed by atoms with E-state index in [1.165, 1.54) is 0 Å². The van der Waals surface area contributed by atoms with Crippen LogP contribution in [0.1, 0.15) is 47.6 Å². The fourth-order valence-corrected chi connectivity index (χ4v) is 5.58. The Morgan fingerprint density at radius 2 is 1.78 bits per heavy atom. The predicted octanol–water partition coefficient (Wildman–Crippen LogP) is 5.51. The zero-order valence-corrected chi connectivity index (χ0v) is 18.1. The van der Waals surface area contributed by atoms with Crippen molar-refractivity contribution < 1.29 is 14.2 Å². The molecule has 0 amide bonds. The van der Waals surface area contributed by atoms with Gasteiger partial charge in [0.1, 0.15) is 5.75 Å². The first-order chi connectivity index (χ1) is 12.7. The topological polar surface area (TPSA) is 71.5 Å². The summed E-state index contributed by atoms with van der Waals surface area (Å²) in [5, 5.41) is 13.5. The summed E-state index contributed by atoms with van der Waals surface area (Å²) in [7, 11) is -2.91. The van der Waals surface area contributed by atoms with Gasteiger partial charge >= 0.3 is 0 Å². The number of nitrogens with one attached hydrogen (secondary N) is 1. The molecule has 0 bridgehead atoms. The first kappa shape index (κ1) is 21.5. The Morgan fingerprint density at radius 3 is 2.30 bits per heavy atom. The normalized spacial score (nSPS) is 14.6. The van der Waals surface area contributed by atoms with Crippen molar-refractivity contribution >= 4 is 13.1 Å². The highest BCUT2D eigenvalue weighted by molar-refractivity contribution is 7.59. The van der Waals surface area contributed by atoms with E-state index in [0.717, 1.165) is 33.8 Å². The third kappa shape index (κ3) is 4.91. The molecule has 0 saturated carbocycles. The molecule has 2 N–H and O–H groups in total. The number of phenolic OH excluding ortho intramolecular Hbond substituents is 1. The lowest BCUT2D eigenvalue weighted by molar-refractivity contribution is 0.327. The van der Waals surface area contributed by atoms with Crippen LogP contribution in [0.4, 0.5) is 5.69 Å². The molecule has 0 saturated heterocycles. The van der Waals surface area contributed by atoms with E-state index in [4.69, 9.17) is 4.52 Å². The lowest BCUT2D eigenvalue weighted by atomic mass is 10.0. The Morgan fingerprint density at radius 1 is 1.15 bits per heavy atom. The Labute approximate surface area is 162 Å². The smallest absolute Gasteiger partial charge is 0.211 e. The summed E-state index contributed by atoms with van der Waals surface area (Å²) in [6.07, 6.45) is 0.456. The average molecular weight is 390 g/mol. The van der Waals surface area contributed by atoms with Gasteiger partial charge in [-0.25, -0.2) is 0 Å². The summed E-state index contributed by atoms with van der Waals surface area (Å²) in [5.41, 5.74) is 4.98. The van der Waals surface area contributed by atoms with Gasteiger partial charge < -0.3 is 14.9 Å². The minimum Gasteiger partial charge on any atom is -0.507 e. The molecular weight excluding hydrogens is 359 g/mol. The van der Waals surface area contributed by atoms with Gasteiger partial charge in [-0.1, -0.05) is 19.1 Å². The Hall–Kier alpha value is -1.84. The molecule has 1 aromatic heterocycles. The molecular formula is C21H31N2O3P.